The molecule has 0 saturated carbocycles. The molecule has 0 spiro atoms. The normalized spacial score (nSPS) is 12.0. The first-order chi connectivity index (χ1) is 13.1. The quantitative estimate of drug-likeness (QED) is 0.557. The van der Waals surface area contributed by atoms with E-state index in [9.17, 15) is 0 Å². The summed E-state index contributed by atoms with van der Waals surface area (Å²) in [6.45, 7) is 3.14. The Morgan fingerprint density at radius 2 is 1.44 bits per heavy atom. The largest absolute Gasteiger partial charge is 0.497 e. The zero-order valence-corrected chi connectivity index (χ0v) is 16.6. The molecule has 0 aliphatic heterocycles. The molecule has 0 bridgehead atoms. The first-order valence-corrected chi connectivity index (χ1v) is 9.32. The number of benzene rings is 3. The minimum atomic E-state index is 0.407. The van der Waals surface area contributed by atoms with Crippen molar-refractivity contribution in [2.24, 2.45) is 0 Å². The van der Waals surface area contributed by atoms with Gasteiger partial charge in [0.2, 0.25) is 0 Å². The number of methoxy groups -OCH3 is 1. The molecule has 0 heterocycles. The first kappa shape index (κ1) is 19.0. The van der Waals surface area contributed by atoms with Crippen LogP contribution in [0.4, 0.5) is 11.4 Å². The highest BCUT2D eigenvalue weighted by molar-refractivity contribution is 5.70. The number of hydrogen-bond donors (Lipinski definition) is 0. The van der Waals surface area contributed by atoms with Gasteiger partial charge in [0, 0.05) is 30.0 Å². The molecule has 1 unspecified atom stereocenters. The van der Waals surface area contributed by atoms with Crippen molar-refractivity contribution in [3.05, 3.63) is 78.9 Å². The van der Waals surface area contributed by atoms with Gasteiger partial charge in [-0.25, -0.2) is 0 Å². The van der Waals surface area contributed by atoms with Gasteiger partial charge in [0.15, 0.2) is 0 Å². The third-order valence-corrected chi connectivity index (χ3v) is 4.98. The van der Waals surface area contributed by atoms with Crippen LogP contribution in [-0.4, -0.2) is 38.7 Å². The van der Waals surface area contributed by atoms with Crippen molar-refractivity contribution in [3.8, 4) is 16.9 Å². The summed E-state index contributed by atoms with van der Waals surface area (Å²) >= 11 is 0. The van der Waals surface area contributed by atoms with Crippen molar-refractivity contribution in [1.82, 2.24) is 4.90 Å². The Balaban J connectivity index is 1.94. The average molecular weight is 361 g/mol. The molecule has 3 aromatic rings. The lowest BCUT2D eigenvalue weighted by molar-refractivity contribution is 0.319. The maximum atomic E-state index is 5.43. The third kappa shape index (κ3) is 4.69. The van der Waals surface area contributed by atoms with Crippen LogP contribution < -0.4 is 9.64 Å². The van der Waals surface area contributed by atoms with Gasteiger partial charge in [-0.3, -0.25) is 0 Å². The summed E-state index contributed by atoms with van der Waals surface area (Å²) in [4.78, 5) is 4.59. The molecular formula is C24H28N2O. The molecule has 0 aromatic heterocycles. The minimum Gasteiger partial charge on any atom is -0.497 e. The third-order valence-electron chi connectivity index (χ3n) is 4.98. The van der Waals surface area contributed by atoms with Gasteiger partial charge in [-0.15, -0.1) is 0 Å². The lowest BCUT2D eigenvalue weighted by Gasteiger charge is -2.31. The highest BCUT2D eigenvalue weighted by Crippen LogP contribution is 2.30. The van der Waals surface area contributed by atoms with E-state index in [1.54, 1.807) is 7.11 Å². The monoisotopic (exact) mass is 360 g/mol. The summed E-state index contributed by atoms with van der Waals surface area (Å²) in [7, 11) is 5.94. The van der Waals surface area contributed by atoms with Gasteiger partial charge in [-0.2, -0.15) is 0 Å². The SMILES string of the molecule is COc1cccc(N(CC(C)N(C)C)c2ccc(-c3ccccc3)cc2)c1. The fourth-order valence-electron chi connectivity index (χ4n) is 3.03. The fraction of sp³-hybridized carbons (Fsp3) is 0.250. The molecule has 0 fully saturated rings. The van der Waals surface area contributed by atoms with Crippen LogP contribution in [0.5, 0.6) is 5.75 Å². The van der Waals surface area contributed by atoms with Gasteiger partial charge in [-0.05, 0) is 56.4 Å². The highest BCUT2D eigenvalue weighted by Gasteiger charge is 2.15. The summed E-state index contributed by atoms with van der Waals surface area (Å²) in [5, 5.41) is 0. The van der Waals surface area contributed by atoms with Crippen molar-refractivity contribution >= 4 is 11.4 Å². The Bertz CT molecular complexity index is 844. The fourth-order valence-corrected chi connectivity index (χ4v) is 3.03. The maximum Gasteiger partial charge on any atom is 0.120 e. The van der Waals surface area contributed by atoms with Crippen LogP contribution in [0.2, 0.25) is 0 Å². The molecule has 27 heavy (non-hydrogen) atoms. The van der Waals surface area contributed by atoms with Crippen molar-refractivity contribution in [2.75, 3.05) is 32.6 Å². The number of rotatable bonds is 7. The van der Waals surface area contributed by atoms with Crippen LogP contribution in [-0.2, 0) is 0 Å². The van der Waals surface area contributed by atoms with Gasteiger partial charge in [0.1, 0.15) is 5.75 Å². The highest BCUT2D eigenvalue weighted by atomic mass is 16.5. The first-order valence-electron chi connectivity index (χ1n) is 9.32. The second kappa shape index (κ2) is 8.74. The van der Waals surface area contributed by atoms with E-state index in [0.29, 0.717) is 6.04 Å². The molecule has 3 aromatic carbocycles. The Morgan fingerprint density at radius 3 is 2.07 bits per heavy atom. The summed E-state index contributed by atoms with van der Waals surface area (Å²) in [6, 6.07) is 27.9. The average Bonchev–Trinajstić information content (AvgIpc) is 2.72. The molecule has 0 saturated heterocycles. The Morgan fingerprint density at radius 1 is 0.778 bits per heavy atom. The second-order valence-corrected chi connectivity index (χ2v) is 7.04. The lowest BCUT2D eigenvalue weighted by Crippen LogP contribution is -2.36. The second-order valence-electron chi connectivity index (χ2n) is 7.04. The molecule has 140 valence electrons. The van der Waals surface area contributed by atoms with Crippen molar-refractivity contribution < 1.29 is 4.74 Å². The van der Waals surface area contributed by atoms with Gasteiger partial charge < -0.3 is 14.5 Å². The van der Waals surface area contributed by atoms with Crippen LogP contribution in [0.15, 0.2) is 78.9 Å². The standard InChI is InChI=1S/C24H28N2O/c1-19(25(2)3)18-26(23-11-8-12-24(17-23)27-4)22-15-13-21(14-16-22)20-9-6-5-7-10-20/h5-17,19H,18H2,1-4H3. The molecule has 0 aliphatic carbocycles. The summed E-state index contributed by atoms with van der Waals surface area (Å²) in [6.07, 6.45) is 0. The Labute approximate surface area is 162 Å². The van der Waals surface area contributed by atoms with E-state index in [4.69, 9.17) is 4.74 Å². The summed E-state index contributed by atoms with van der Waals surface area (Å²) in [5.74, 6) is 0.871. The maximum absolute atomic E-state index is 5.43. The molecule has 3 heteroatoms. The van der Waals surface area contributed by atoms with Crippen molar-refractivity contribution in [3.63, 3.8) is 0 Å². The van der Waals surface area contributed by atoms with Crippen LogP contribution >= 0.6 is 0 Å². The van der Waals surface area contributed by atoms with E-state index in [2.05, 4.69) is 91.5 Å². The molecule has 0 amide bonds. The summed E-state index contributed by atoms with van der Waals surface area (Å²) < 4.78 is 5.43. The molecule has 1 atom stereocenters. The number of ether oxygens (including phenoxy) is 1. The summed E-state index contributed by atoms with van der Waals surface area (Å²) in [5.41, 5.74) is 4.77. The van der Waals surface area contributed by atoms with Crippen LogP contribution in [0.3, 0.4) is 0 Å². The number of nitrogens with zero attached hydrogens (tertiary/aromatic N) is 2. The molecule has 0 N–H and O–H groups in total. The molecule has 3 rings (SSSR count). The van der Waals surface area contributed by atoms with Crippen molar-refractivity contribution in [1.29, 1.82) is 0 Å². The van der Waals surface area contributed by atoms with E-state index < -0.39 is 0 Å². The van der Waals surface area contributed by atoms with E-state index in [1.165, 1.54) is 16.8 Å². The van der Waals surface area contributed by atoms with E-state index in [0.717, 1.165) is 18.0 Å². The van der Waals surface area contributed by atoms with Gasteiger partial charge in [-0.1, -0.05) is 48.5 Å². The molecular weight excluding hydrogens is 332 g/mol. The van der Waals surface area contributed by atoms with Crippen LogP contribution in [0.1, 0.15) is 6.92 Å². The zero-order chi connectivity index (χ0) is 19.2. The smallest absolute Gasteiger partial charge is 0.120 e. The number of anilines is 2. The number of hydrogen-bond acceptors (Lipinski definition) is 3. The predicted octanol–water partition coefficient (Wildman–Crippen LogP) is 5.45. The topological polar surface area (TPSA) is 15.7 Å². The zero-order valence-electron chi connectivity index (χ0n) is 16.6. The molecule has 0 radical (unpaired) electrons. The van der Waals surface area contributed by atoms with E-state index >= 15 is 0 Å². The Kier molecular flexibility index (Phi) is 6.15. The van der Waals surface area contributed by atoms with Gasteiger partial charge >= 0.3 is 0 Å². The Hall–Kier alpha value is -2.78. The molecule has 0 aliphatic rings. The molecule has 3 nitrogen and oxygen atoms in total. The van der Waals surface area contributed by atoms with Crippen LogP contribution in [0, 0.1) is 0 Å². The minimum absolute atomic E-state index is 0.407. The van der Waals surface area contributed by atoms with Gasteiger partial charge in [0.05, 0.1) is 7.11 Å². The van der Waals surface area contributed by atoms with Crippen molar-refractivity contribution in [2.45, 2.75) is 13.0 Å². The number of likely N-dealkylation sites (N-methyl/N-ethyl adjacent to an activating group) is 1. The van der Waals surface area contributed by atoms with E-state index in [-0.39, 0.29) is 0 Å². The predicted molar refractivity (Wildman–Crippen MR) is 115 cm³/mol. The van der Waals surface area contributed by atoms with E-state index in [1.807, 2.05) is 18.2 Å². The van der Waals surface area contributed by atoms with Crippen LogP contribution in [0.25, 0.3) is 11.1 Å². The lowest BCUT2D eigenvalue weighted by atomic mass is 10.0. The van der Waals surface area contributed by atoms with Gasteiger partial charge in [0.25, 0.3) is 0 Å².